The maximum atomic E-state index is 12.0. The molecule has 0 radical (unpaired) electrons. The van der Waals surface area contributed by atoms with Crippen LogP contribution in [0.2, 0.25) is 0 Å². The lowest BCUT2D eigenvalue weighted by Crippen LogP contribution is -2.32. The quantitative estimate of drug-likeness (QED) is 0.380. The molecule has 0 spiro atoms. The Balaban J connectivity index is 1.81. The summed E-state index contributed by atoms with van der Waals surface area (Å²) in [6.45, 7) is 8.31. The first kappa shape index (κ1) is 22.1. The summed E-state index contributed by atoms with van der Waals surface area (Å²) < 4.78 is 10.7. The smallest absolute Gasteiger partial charge is 0.321 e. The van der Waals surface area contributed by atoms with Crippen LogP contribution in [0.25, 0.3) is 0 Å². The van der Waals surface area contributed by atoms with E-state index in [1.807, 2.05) is 44.2 Å². The Morgan fingerprint density at radius 3 is 2.69 bits per heavy atom. The minimum Gasteiger partial charge on any atom is -0.497 e. The fraction of sp³-hybridized carbons (Fsp3) is 0.273. The molecule has 1 aromatic heterocycles. The first-order valence-corrected chi connectivity index (χ1v) is 10.00. The van der Waals surface area contributed by atoms with Gasteiger partial charge in [-0.3, -0.25) is 5.32 Å². The van der Waals surface area contributed by atoms with Gasteiger partial charge in [-0.15, -0.1) is 0 Å². The lowest BCUT2D eigenvalue weighted by Gasteiger charge is -2.08. The van der Waals surface area contributed by atoms with Gasteiger partial charge in [-0.05, 0) is 43.5 Å². The van der Waals surface area contributed by atoms with Crippen molar-refractivity contribution in [3.05, 3.63) is 59.1 Å². The Morgan fingerprint density at radius 1 is 1.31 bits per heavy atom. The van der Waals surface area contributed by atoms with Gasteiger partial charge in [0, 0.05) is 5.57 Å². The van der Waals surface area contributed by atoms with Gasteiger partial charge in [-0.2, -0.15) is 0 Å². The van der Waals surface area contributed by atoms with Crippen LogP contribution in [0.3, 0.4) is 0 Å². The third-order valence-corrected chi connectivity index (χ3v) is 4.76. The van der Waals surface area contributed by atoms with Crippen molar-refractivity contribution in [1.29, 1.82) is 0 Å². The van der Waals surface area contributed by atoms with Gasteiger partial charge >= 0.3 is 6.03 Å². The molecule has 0 atom stereocenters. The van der Waals surface area contributed by atoms with E-state index in [0.717, 1.165) is 28.3 Å². The van der Waals surface area contributed by atoms with Gasteiger partial charge in [-0.25, -0.2) is 9.78 Å². The van der Waals surface area contributed by atoms with Crippen molar-refractivity contribution in [1.82, 2.24) is 10.3 Å². The van der Waals surface area contributed by atoms with Gasteiger partial charge in [0.2, 0.25) is 0 Å². The van der Waals surface area contributed by atoms with Crippen LogP contribution in [0.1, 0.15) is 23.9 Å². The molecular weight excluding hydrogens is 386 g/mol. The number of nitrogens with zero attached hydrogens (tertiary/aromatic N) is 1. The standard InChI is InChI=1S/C22H25N3O3S/c1-5-7-17(6-2)8-13-20-16(3)24-22(29-20)25-21(26)23-14-15-28-19-11-9-18(27-4)10-12-19/h5,7,9-12H,1,6,14-15H2,2-4H3,(H2,23,24,25,26). The molecule has 1 heterocycles. The van der Waals surface area contributed by atoms with Gasteiger partial charge in [0.05, 0.1) is 19.3 Å². The first-order chi connectivity index (χ1) is 14.0. The van der Waals surface area contributed by atoms with Crippen molar-refractivity contribution < 1.29 is 14.3 Å². The number of ether oxygens (including phenoxy) is 2. The molecule has 7 heteroatoms. The number of hydrogen-bond acceptors (Lipinski definition) is 5. The number of carbonyl (C=O) groups is 1. The van der Waals surface area contributed by atoms with E-state index in [0.29, 0.717) is 24.0 Å². The molecule has 0 aliphatic rings. The Kier molecular flexibility index (Phi) is 8.80. The normalized spacial score (nSPS) is 10.5. The molecule has 0 unspecified atom stereocenters. The molecule has 2 aromatic rings. The van der Waals surface area contributed by atoms with Crippen LogP contribution < -0.4 is 20.1 Å². The molecule has 2 rings (SSSR count). The molecule has 0 bridgehead atoms. The van der Waals surface area contributed by atoms with Gasteiger partial charge in [-0.1, -0.05) is 42.9 Å². The van der Waals surface area contributed by atoms with E-state index in [1.165, 1.54) is 11.3 Å². The zero-order valence-corrected chi connectivity index (χ0v) is 17.7. The molecule has 0 saturated heterocycles. The molecular formula is C22H25N3O3S. The largest absolute Gasteiger partial charge is 0.497 e. The fourth-order valence-electron chi connectivity index (χ4n) is 2.24. The maximum Gasteiger partial charge on any atom is 0.321 e. The molecule has 0 fully saturated rings. The zero-order chi connectivity index (χ0) is 21.1. The maximum absolute atomic E-state index is 12.0. The summed E-state index contributed by atoms with van der Waals surface area (Å²) in [6, 6.07) is 6.92. The molecule has 2 amide bonds. The van der Waals surface area contributed by atoms with Crippen LogP contribution >= 0.6 is 11.3 Å². The molecule has 2 N–H and O–H groups in total. The topological polar surface area (TPSA) is 72.5 Å². The summed E-state index contributed by atoms with van der Waals surface area (Å²) in [5.74, 6) is 7.70. The molecule has 0 aliphatic heterocycles. The predicted octanol–water partition coefficient (Wildman–Crippen LogP) is 4.53. The third kappa shape index (κ3) is 7.35. The molecule has 6 nitrogen and oxygen atoms in total. The lowest BCUT2D eigenvalue weighted by molar-refractivity contribution is 0.247. The predicted molar refractivity (Wildman–Crippen MR) is 118 cm³/mol. The highest BCUT2D eigenvalue weighted by atomic mass is 32.1. The SMILES string of the molecule is C=CC=C(C#Cc1sc(NC(=O)NCCOc2ccc(OC)cc2)nc1C)CC. The average molecular weight is 412 g/mol. The number of aryl methyl sites for hydroxylation is 1. The van der Waals surface area contributed by atoms with E-state index in [4.69, 9.17) is 9.47 Å². The highest BCUT2D eigenvalue weighted by molar-refractivity contribution is 7.16. The minimum atomic E-state index is -0.336. The van der Waals surface area contributed by atoms with E-state index >= 15 is 0 Å². The van der Waals surface area contributed by atoms with Crippen molar-refractivity contribution in [2.75, 3.05) is 25.6 Å². The summed E-state index contributed by atoms with van der Waals surface area (Å²) in [5.41, 5.74) is 1.78. The van der Waals surface area contributed by atoms with Crippen LogP contribution in [0.4, 0.5) is 9.93 Å². The minimum absolute atomic E-state index is 0.336. The van der Waals surface area contributed by atoms with Crippen molar-refractivity contribution in [3.63, 3.8) is 0 Å². The molecule has 152 valence electrons. The zero-order valence-electron chi connectivity index (χ0n) is 16.9. The second-order valence-corrected chi connectivity index (χ2v) is 6.87. The summed E-state index contributed by atoms with van der Waals surface area (Å²) in [4.78, 5) is 17.2. The first-order valence-electron chi connectivity index (χ1n) is 9.18. The van der Waals surface area contributed by atoms with E-state index in [1.54, 1.807) is 13.2 Å². The number of benzene rings is 1. The highest BCUT2D eigenvalue weighted by Gasteiger charge is 2.09. The van der Waals surface area contributed by atoms with Crippen molar-refractivity contribution >= 4 is 22.5 Å². The number of hydrogen-bond donors (Lipinski definition) is 2. The lowest BCUT2D eigenvalue weighted by atomic mass is 10.2. The van der Waals surface area contributed by atoms with Crippen molar-refractivity contribution in [3.8, 4) is 23.3 Å². The van der Waals surface area contributed by atoms with Crippen LogP contribution in [0.5, 0.6) is 11.5 Å². The number of nitrogens with one attached hydrogen (secondary N) is 2. The third-order valence-electron chi connectivity index (χ3n) is 3.77. The number of allylic oxidation sites excluding steroid dienone is 3. The van der Waals surface area contributed by atoms with E-state index in [2.05, 4.69) is 34.0 Å². The van der Waals surface area contributed by atoms with E-state index < -0.39 is 0 Å². The number of anilines is 1. The van der Waals surface area contributed by atoms with Crippen LogP contribution in [-0.2, 0) is 0 Å². The number of urea groups is 1. The van der Waals surface area contributed by atoms with Crippen LogP contribution in [0, 0.1) is 18.8 Å². The number of rotatable bonds is 8. The second kappa shape index (κ2) is 11.6. The molecule has 29 heavy (non-hydrogen) atoms. The van der Waals surface area contributed by atoms with Crippen molar-refractivity contribution in [2.24, 2.45) is 0 Å². The van der Waals surface area contributed by atoms with Crippen LogP contribution in [-0.4, -0.2) is 31.3 Å². The number of methoxy groups -OCH3 is 1. The van der Waals surface area contributed by atoms with Gasteiger partial charge in [0.25, 0.3) is 0 Å². The van der Waals surface area contributed by atoms with Gasteiger partial charge in [0.15, 0.2) is 5.13 Å². The summed E-state index contributed by atoms with van der Waals surface area (Å²) in [6.07, 6.45) is 4.45. The Hall–Kier alpha value is -3.24. The summed E-state index contributed by atoms with van der Waals surface area (Å²) >= 11 is 1.35. The summed E-state index contributed by atoms with van der Waals surface area (Å²) in [7, 11) is 1.61. The van der Waals surface area contributed by atoms with Gasteiger partial charge in [0.1, 0.15) is 23.0 Å². The number of carbonyl (C=O) groups excluding carboxylic acids is 1. The van der Waals surface area contributed by atoms with E-state index in [9.17, 15) is 4.79 Å². The van der Waals surface area contributed by atoms with Crippen molar-refractivity contribution in [2.45, 2.75) is 20.3 Å². The average Bonchev–Trinajstić information content (AvgIpc) is 3.07. The number of amides is 2. The Morgan fingerprint density at radius 2 is 2.03 bits per heavy atom. The highest BCUT2D eigenvalue weighted by Crippen LogP contribution is 2.21. The molecule has 0 saturated carbocycles. The number of aromatic nitrogens is 1. The molecule has 0 aliphatic carbocycles. The molecule has 1 aromatic carbocycles. The number of thiazole rings is 1. The Labute approximate surface area is 175 Å². The summed E-state index contributed by atoms with van der Waals surface area (Å²) in [5, 5.41) is 5.98. The second-order valence-electron chi connectivity index (χ2n) is 5.87. The Bertz CT molecular complexity index is 921. The fourth-order valence-corrected chi connectivity index (χ4v) is 3.05. The van der Waals surface area contributed by atoms with Crippen LogP contribution in [0.15, 0.2) is 48.6 Å². The monoisotopic (exact) mass is 411 g/mol. The van der Waals surface area contributed by atoms with Gasteiger partial charge < -0.3 is 14.8 Å². The van der Waals surface area contributed by atoms with E-state index in [-0.39, 0.29) is 6.03 Å².